The van der Waals surface area contributed by atoms with Crippen LogP contribution in [0.3, 0.4) is 0 Å². The SMILES string of the molecule is CCCCOc1c(N(C)C(=O)O)n(C(C)C)c(=O)c2cc(Cl)c(Cl)cc12. The molecule has 0 aliphatic rings. The maximum absolute atomic E-state index is 13.0. The number of carboxylic acid groups (broad SMARTS) is 1. The molecular weight excluding hydrogens is 379 g/mol. The van der Waals surface area contributed by atoms with Crippen molar-refractivity contribution in [2.24, 2.45) is 0 Å². The molecule has 1 N–H and O–H groups in total. The largest absolute Gasteiger partial charge is 0.489 e. The number of benzene rings is 1. The van der Waals surface area contributed by atoms with Crippen LogP contribution < -0.4 is 15.2 Å². The summed E-state index contributed by atoms with van der Waals surface area (Å²) >= 11 is 12.2. The Morgan fingerprint density at radius 1 is 1.27 bits per heavy atom. The van der Waals surface area contributed by atoms with Gasteiger partial charge >= 0.3 is 6.09 Å². The highest BCUT2D eigenvalue weighted by Gasteiger charge is 2.26. The van der Waals surface area contributed by atoms with E-state index in [0.717, 1.165) is 17.7 Å². The van der Waals surface area contributed by atoms with Gasteiger partial charge in [-0.05, 0) is 32.4 Å². The fourth-order valence-corrected chi connectivity index (χ4v) is 3.04. The van der Waals surface area contributed by atoms with Crippen molar-refractivity contribution in [3.63, 3.8) is 0 Å². The van der Waals surface area contributed by atoms with E-state index in [0.29, 0.717) is 23.1 Å². The molecule has 2 aromatic rings. The van der Waals surface area contributed by atoms with Gasteiger partial charge in [0.25, 0.3) is 5.56 Å². The minimum atomic E-state index is -1.20. The van der Waals surface area contributed by atoms with Gasteiger partial charge in [-0.2, -0.15) is 0 Å². The Balaban J connectivity index is 2.95. The van der Waals surface area contributed by atoms with Gasteiger partial charge in [-0.1, -0.05) is 36.5 Å². The first-order valence-electron chi connectivity index (χ1n) is 8.37. The molecule has 1 amide bonds. The number of nitrogens with zero attached hydrogens (tertiary/aromatic N) is 2. The summed E-state index contributed by atoms with van der Waals surface area (Å²) in [5, 5.41) is 10.8. The third-order valence-corrected chi connectivity index (χ3v) is 4.77. The summed E-state index contributed by atoms with van der Waals surface area (Å²) in [4.78, 5) is 25.7. The Kier molecular flexibility index (Phi) is 6.42. The van der Waals surface area contributed by atoms with Gasteiger partial charge in [0.2, 0.25) is 0 Å². The van der Waals surface area contributed by atoms with E-state index in [2.05, 4.69) is 0 Å². The van der Waals surface area contributed by atoms with Crippen molar-refractivity contribution in [3.05, 3.63) is 32.5 Å². The molecule has 0 aliphatic carbocycles. The monoisotopic (exact) mass is 400 g/mol. The number of amides is 1. The molecule has 0 aliphatic heterocycles. The molecule has 6 nitrogen and oxygen atoms in total. The van der Waals surface area contributed by atoms with Crippen molar-refractivity contribution >= 4 is 45.9 Å². The number of halogens is 2. The van der Waals surface area contributed by atoms with Crippen LogP contribution in [0.5, 0.6) is 5.75 Å². The van der Waals surface area contributed by atoms with Crippen molar-refractivity contribution in [2.75, 3.05) is 18.6 Å². The Hall–Kier alpha value is -1.92. The topological polar surface area (TPSA) is 71.8 Å². The Morgan fingerprint density at radius 3 is 2.35 bits per heavy atom. The first-order valence-corrected chi connectivity index (χ1v) is 9.12. The second-order valence-electron chi connectivity index (χ2n) is 6.28. The molecule has 2 rings (SSSR count). The molecule has 0 saturated carbocycles. The number of hydrogen-bond donors (Lipinski definition) is 1. The van der Waals surface area contributed by atoms with Crippen LogP contribution in [-0.2, 0) is 0 Å². The third kappa shape index (κ3) is 3.76. The lowest BCUT2D eigenvalue weighted by atomic mass is 10.1. The zero-order chi connectivity index (χ0) is 19.6. The summed E-state index contributed by atoms with van der Waals surface area (Å²) in [6.45, 7) is 6.03. The third-order valence-electron chi connectivity index (χ3n) is 4.05. The Morgan fingerprint density at radius 2 is 1.85 bits per heavy atom. The number of rotatable bonds is 6. The van der Waals surface area contributed by atoms with Gasteiger partial charge < -0.3 is 9.84 Å². The van der Waals surface area contributed by atoms with Crippen LogP contribution >= 0.6 is 23.2 Å². The highest BCUT2D eigenvalue weighted by atomic mass is 35.5. The van der Waals surface area contributed by atoms with Crippen LogP contribution in [0.2, 0.25) is 10.0 Å². The number of hydrogen-bond acceptors (Lipinski definition) is 3. The fourth-order valence-electron chi connectivity index (χ4n) is 2.71. The summed E-state index contributed by atoms with van der Waals surface area (Å²) in [5.74, 6) is 0.490. The van der Waals surface area contributed by atoms with Crippen molar-refractivity contribution in [3.8, 4) is 5.75 Å². The average molecular weight is 401 g/mol. The van der Waals surface area contributed by atoms with Crippen molar-refractivity contribution < 1.29 is 14.6 Å². The molecule has 1 heterocycles. The minimum absolute atomic E-state index is 0.180. The molecule has 0 fully saturated rings. The lowest BCUT2D eigenvalue weighted by molar-refractivity contribution is 0.202. The number of fused-ring (bicyclic) bond motifs is 1. The van der Waals surface area contributed by atoms with Crippen LogP contribution in [-0.4, -0.2) is 29.4 Å². The zero-order valence-electron chi connectivity index (χ0n) is 15.2. The van der Waals surface area contributed by atoms with E-state index >= 15 is 0 Å². The Labute approximate surface area is 161 Å². The van der Waals surface area contributed by atoms with E-state index in [1.54, 1.807) is 19.9 Å². The first kappa shape index (κ1) is 20.4. The quantitative estimate of drug-likeness (QED) is 0.677. The average Bonchev–Trinajstić information content (AvgIpc) is 2.57. The molecular formula is C18H22Cl2N2O4. The maximum Gasteiger partial charge on any atom is 0.412 e. The van der Waals surface area contributed by atoms with Gasteiger partial charge in [0, 0.05) is 18.5 Å². The van der Waals surface area contributed by atoms with E-state index in [1.165, 1.54) is 17.7 Å². The molecule has 0 bridgehead atoms. The molecule has 0 spiro atoms. The molecule has 1 aromatic carbocycles. The predicted octanol–water partition coefficient (Wildman–Crippen LogP) is 5.18. The zero-order valence-corrected chi connectivity index (χ0v) is 16.7. The fraction of sp³-hybridized carbons (Fsp3) is 0.444. The number of aromatic nitrogens is 1. The summed E-state index contributed by atoms with van der Waals surface area (Å²) in [7, 11) is 1.38. The van der Waals surface area contributed by atoms with Crippen LogP contribution in [0.4, 0.5) is 10.6 Å². The summed E-state index contributed by atoms with van der Waals surface area (Å²) < 4.78 is 7.34. The summed E-state index contributed by atoms with van der Waals surface area (Å²) in [6, 6.07) is 2.76. The molecule has 142 valence electrons. The van der Waals surface area contributed by atoms with Crippen molar-refractivity contribution in [1.29, 1.82) is 0 Å². The van der Waals surface area contributed by atoms with Gasteiger partial charge in [0.05, 0.1) is 22.0 Å². The van der Waals surface area contributed by atoms with E-state index in [4.69, 9.17) is 27.9 Å². The van der Waals surface area contributed by atoms with Gasteiger partial charge in [-0.3, -0.25) is 14.3 Å². The van der Waals surface area contributed by atoms with E-state index < -0.39 is 6.09 Å². The van der Waals surface area contributed by atoms with Crippen LogP contribution in [0, 0.1) is 0 Å². The van der Waals surface area contributed by atoms with Gasteiger partial charge in [0.1, 0.15) is 0 Å². The molecule has 0 atom stereocenters. The van der Waals surface area contributed by atoms with Crippen molar-refractivity contribution in [1.82, 2.24) is 4.57 Å². The number of anilines is 1. The molecule has 0 saturated heterocycles. The maximum atomic E-state index is 13.0. The minimum Gasteiger partial charge on any atom is -0.489 e. The van der Waals surface area contributed by atoms with E-state index in [-0.39, 0.29) is 27.5 Å². The predicted molar refractivity (Wildman–Crippen MR) is 105 cm³/mol. The second kappa shape index (κ2) is 8.18. The van der Waals surface area contributed by atoms with Gasteiger partial charge in [0.15, 0.2) is 11.6 Å². The highest BCUT2D eigenvalue weighted by molar-refractivity contribution is 6.42. The van der Waals surface area contributed by atoms with E-state index in [9.17, 15) is 14.7 Å². The second-order valence-corrected chi connectivity index (χ2v) is 7.09. The van der Waals surface area contributed by atoms with Crippen molar-refractivity contribution in [2.45, 2.75) is 39.7 Å². The first-order chi connectivity index (χ1) is 12.2. The lowest BCUT2D eigenvalue weighted by Crippen LogP contribution is -2.34. The molecule has 0 unspecified atom stereocenters. The number of carbonyl (C=O) groups is 1. The summed E-state index contributed by atoms with van der Waals surface area (Å²) in [5.41, 5.74) is -0.348. The van der Waals surface area contributed by atoms with Crippen LogP contribution in [0.15, 0.2) is 16.9 Å². The summed E-state index contributed by atoms with van der Waals surface area (Å²) in [6.07, 6.45) is 0.511. The normalized spacial score (nSPS) is 11.2. The lowest BCUT2D eigenvalue weighted by Gasteiger charge is -2.26. The number of unbranched alkanes of at least 4 members (excludes halogenated alkanes) is 1. The smallest absolute Gasteiger partial charge is 0.412 e. The molecule has 0 radical (unpaired) electrons. The van der Waals surface area contributed by atoms with E-state index in [1.807, 2.05) is 6.92 Å². The molecule has 26 heavy (non-hydrogen) atoms. The number of ether oxygens (including phenoxy) is 1. The van der Waals surface area contributed by atoms with Gasteiger partial charge in [-0.15, -0.1) is 0 Å². The number of pyridine rings is 1. The molecule has 8 heteroatoms. The highest BCUT2D eigenvalue weighted by Crippen LogP contribution is 2.39. The van der Waals surface area contributed by atoms with Crippen LogP contribution in [0.1, 0.15) is 39.7 Å². The van der Waals surface area contributed by atoms with Crippen LogP contribution in [0.25, 0.3) is 10.8 Å². The van der Waals surface area contributed by atoms with Gasteiger partial charge in [-0.25, -0.2) is 4.79 Å². The standard InChI is InChI=1S/C18H22Cl2N2O4/c1-5-6-7-26-15-11-8-13(19)14(20)9-12(11)17(23)22(10(2)3)16(15)21(4)18(24)25/h8-10H,5-7H2,1-4H3,(H,24,25). The molecule has 1 aromatic heterocycles. The Bertz CT molecular complexity index is 893.